The van der Waals surface area contributed by atoms with Crippen LogP contribution in [-0.4, -0.2) is 56.8 Å². The van der Waals surface area contributed by atoms with E-state index in [-0.39, 0.29) is 18.2 Å². The molecule has 0 unspecified atom stereocenters. The molecule has 0 radical (unpaired) electrons. The van der Waals surface area contributed by atoms with E-state index in [2.05, 4.69) is 26.5 Å². The van der Waals surface area contributed by atoms with Crippen molar-refractivity contribution >= 4 is 22.7 Å². The summed E-state index contributed by atoms with van der Waals surface area (Å²) in [5.74, 6) is 0.860. The predicted molar refractivity (Wildman–Crippen MR) is 105 cm³/mol. The van der Waals surface area contributed by atoms with Crippen molar-refractivity contribution in [1.29, 1.82) is 5.26 Å². The third-order valence-corrected chi connectivity index (χ3v) is 4.89. The van der Waals surface area contributed by atoms with Crippen LogP contribution in [0.25, 0.3) is 11.0 Å². The van der Waals surface area contributed by atoms with Crippen LogP contribution in [0, 0.1) is 11.3 Å². The van der Waals surface area contributed by atoms with Gasteiger partial charge in [-0.25, -0.2) is 4.98 Å². The summed E-state index contributed by atoms with van der Waals surface area (Å²) in [6.45, 7) is 4.95. The minimum Gasteiger partial charge on any atom is -0.467 e. The molecule has 0 aliphatic carbocycles. The fourth-order valence-corrected chi connectivity index (χ4v) is 3.32. The molecule has 10 nitrogen and oxygen atoms in total. The summed E-state index contributed by atoms with van der Waals surface area (Å²) in [5.41, 5.74) is 1.84. The molecule has 10 heteroatoms. The second-order valence-electron chi connectivity index (χ2n) is 7.13. The number of rotatable bonds is 7. The number of nitrogens with zero attached hydrogens (tertiary/aromatic N) is 6. The number of anilines is 2. The molecule has 1 saturated heterocycles. The van der Waals surface area contributed by atoms with Gasteiger partial charge < -0.3 is 24.1 Å². The molecule has 1 aliphatic heterocycles. The quantitative estimate of drug-likeness (QED) is 0.645. The van der Waals surface area contributed by atoms with E-state index in [1.54, 1.807) is 30.3 Å². The Kier molecular flexibility index (Phi) is 5.08. The predicted octanol–water partition coefficient (Wildman–Crippen LogP) is 2.15. The van der Waals surface area contributed by atoms with Crippen LogP contribution in [0.2, 0.25) is 0 Å². The molecule has 0 spiro atoms. The zero-order chi connectivity index (χ0) is 20.5. The van der Waals surface area contributed by atoms with Crippen molar-refractivity contribution in [2.75, 3.05) is 25.6 Å². The van der Waals surface area contributed by atoms with E-state index in [9.17, 15) is 5.26 Å². The highest BCUT2D eigenvalue weighted by molar-refractivity contribution is 5.79. The first-order chi connectivity index (χ1) is 14.0. The Hall–Kier alpha value is -3.16. The van der Waals surface area contributed by atoms with Gasteiger partial charge >= 0.3 is 0 Å². The highest BCUT2D eigenvalue weighted by Crippen LogP contribution is 2.29. The maximum atomic E-state index is 9.50. The molecule has 1 aliphatic rings. The lowest BCUT2D eigenvalue weighted by Gasteiger charge is -2.33. The molecular weight excluding hydrogens is 374 g/mol. The lowest BCUT2D eigenvalue weighted by molar-refractivity contribution is -0.140. The average Bonchev–Trinajstić information content (AvgIpc) is 3.24. The summed E-state index contributed by atoms with van der Waals surface area (Å²) in [6, 6.07) is 3.95. The minimum absolute atomic E-state index is 0.0286. The molecule has 29 heavy (non-hydrogen) atoms. The molecule has 3 aromatic heterocycles. The van der Waals surface area contributed by atoms with Gasteiger partial charge in [-0.05, 0) is 19.9 Å². The molecular formula is C19H23N7O3. The Balaban J connectivity index is 1.65. The molecule has 4 rings (SSSR count). The van der Waals surface area contributed by atoms with Crippen molar-refractivity contribution in [2.24, 2.45) is 7.05 Å². The Morgan fingerprint density at radius 1 is 1.48 bits per heavy atom. The third-order valence-electron chi connectivity index (χ3n) is 4.89. The van der Waals surface area contributed by atoms with E-state index < -0.39 is 0 Å². The van der Waals surface area contributed by atoms with Crippen molar-refractivity contribution in [2.45, 2.75) is 32.1 Å². The maximum absolute atomic E-state index is 9.50. The van der Waals surface area contributed by atoms with Crippen molar-refractivity contribution in [3.63, 3.8) is 0 Å². The van der Waals surface area contributed by atoms with Crippen LogP contribution < -0.4 is 10.1 Å². The largest absolute Gasteiger partial charge is 0.467 e. The minimum atomic E-state index is -0.0488. The topological polar surface area (TPSA) is 112 Å². The number of hydrogen-bond donors (Lipinski definition) is 1. The first-order valence-electron chi connectivity index (χ1n) is 9.36. The number of ether oxygens (including phenoxy) is 3. The Morgan fingerprint density at radius 2 is 2.31 bits per heavy atom. The van der Waals surface area contributed by atoms with E-state index in [0.29, 0.717) is 42.1 Å². The smallest absolute Gasteiger partial charge is 0.257 e. The van der Waals surface area contributed by atoms with Gasteiger partial charge in [0.2, 0.25) is 5.95 Å². The second kappa shape index (κ2) is 7.69. The van der Waals surface area contributed by atoms with Crippen LogP contribution in [0.15, 0.2) is 18.5 Å². The van der Waals surface area contributed by atoms with Gasteiger partial charge in [0.05, 0.1) is 31.6 Å². The number of aromatic nitrogens is 5. The van der Waals surface area contributed by atoms with Gasteiger partial charge in [-0.2, -0.15) is 10.2 Å². The standard InChI is InChI=1S/C19H23N7O3/c1-11(9-27-4)26-14(6-20)5-13-7-21-19(23-17(13)26)22-15-8-25(3)24-18(15)29-16-10-28-12(16)2/h5,7-8,11-12,16H,9-10H2,1-4H3,(H,21,22,23)/t11-,12-,16+/m0/s1. The van der Waals surface area contributed by atoms with Crippen molar-refractivity contribution < 1.29 is 14.2 Å². The number of nitrogens with one attached hydrogen (secondary N) is 1. The van der Waals surface area contributed by atoms with Crippen molar-refractivity contribution in [3.05, 3.63) is 24.2 Å². The summed E-state index contributed by atoms with van der Waals surface area (Å²) in [6.07, 6.45) is 3.51. The van der Waals surface area contributed by atoms with Crippen LogP contribution in [-0.2, 0) is 16.5 Å². The number of nitriles is 1. The van der Waals surface area contributed by atoms with Crippen LogP contribution in [0.1, 0.15) is 25.6 Å². The molecule has 152 valence electrons. The molecule has 1 N–H and O–H groups in total. The van der Waals surface area contributed by atoms with Gasteiger partial charge in [0.25, 0.3) is 5.88 Å². The fraction of sp³-hybridized carbons (Fsp3) is 0.474. The second-order valence-corrected chi connectivity index (χ2v) is 7.13. The number of fused-ring (bicyclic) bond motifs is 1. The van der Waals surface area contributed by atoms with E-state index in [0.717, 1.165) is 5.39 Å². The van der Waals surface area contributed by atoms with Crippen molar-refractivity contribution in [3.8, 4) is 11.9 Å². The zero-order valence-electron chi connectivity index (χ0n) is 16.8. The molecule has 0 saturated carbocycles. The number of methoxy groups -OCH3 is 1. The van der Waals surface area contributed by atoms with Crippen molar-refractivity contribution in [1.82, 2.24) is 24.3 Å². The number of hydrogen-bond acceptors (Lipinski definition) is 8. The lowest BCUT2D eigenvalue weighted by Crippen LogP contribution is -2.46. The van der Waals surface area contributed by atoms with Crippen LogP contribution in [0.5, 0.6) is 5.88 Å². The monoisotopic (exact) mass is 397 g/mol. The Bertz CT molecular complexity index is 1070. The Morgan fingerprint density at radius 3 is 2.97 bits per heavy atom. The summed E-state index contributed by atoms with van der Waals surface area (Å²) >= 11 is 0. The van der Waals surface area contributed by atoms with Gasteiger partial charge in [-0.3, -0.25) is 4.68 Å². The molecule has 1 fully saturated rings. The average molecular weight is 397 g/mol. The molecule has 0 aromatic carbocycles. The SMILES string of the molecule is COC[C@H](C)n1c(C#N)cc2cnc(Nc3cn(C)nc3O[C@@H]3CO[C@H]3C)nc21. The highest BCUT2D eigenvalue weighted by Gasteiger charge is 2.31. The van der Waals surface area contributed by atoms with Gasteiger partial charge in [0, 0.05) is 25.7 Å². The molecule has 4 heterocycles. The summed E-state index contributed by atoms with van der Waals surface area (Å²) in [7, 11) is 3.45. The van der Waals surface area contributed by atoms with Gasteiger partial charge in [-0.1, -0.05) is 0 Å². The molecule has 0 amide bonds. The number of aryl methyl sites for hydroxylation is 1. The maximum Gasteiger partial charge on any atom is 0.257 e. The van der Waals surface area contributed by atoms with E-state index in [1.807, 2.05) is 25.5 Å². The lowest BCUT2D eigenvalue weighted by atomic mass is 10.2. The zero-order valence-corrected chi connectivity index (χ0v) is 16.8. The fourth-order valence-electron chi connectivity index (χ4n) is 3.32. The summed E-state index contributed by atoms with van der Waals surface area (Å²) in [5, 5.41) is 17.8. The Labute approximate surface area is 168 Å². The van der Waals surface area contributed by atoms with Crippen LogP contribution in [0.4, 0.5) is 11.6 Å². The van der Waals surface area contributed by atoms with E-state index in [4.69, 9.17) is 14.2 Å². The summed E-state index contributed by atoms with van der Waals surface area (Å²) in [4.78, 5) is 9.02. The first kappa shape index (κ1) is 19.2. The van der Waals surface area contributed by atoms with E-state index >= 15 is 0 Å². The first-order valence-corrected chi connectivity index (χ1v) is 9.36. The van der Waals surface area contributed by atoms with Crippen LogP contribution in [0.3, 0.4) is 0 Å². The third kappa shape index (κ3) is 3.62. The van der Waals surface area contributed by atoms with Gasteiger partial charge in [0.15, 0.2) is 0 Å². The van der Waals surface area contributed by atoms with E-state index in [1.165, 1.54) is 0 Å². The summed E-state index contributed by atoms with van der Waals surface area (Å²) < 4.78 is 20.1. The molecule has 3 atom stereocenters. The molecule has 0 bridgehead atoms. The van der Waals surface area contributed by atoms with Gasteiger partial charge in [0.1, 0.15) is 29.2 Å². The normalized spacial score (nSPS) is 19.6. The van der Waals surface area contributed by atoms with Gasteiger partial charge in [-0.15, -0.1) is 5.10 Å². The highest BCUT2D eigenvalue weighted by atomic mass is 16.6. The molecule has 3 aromatic rings. The van der Waals surface area contributed by atoms with Crippen LogP contribution >= 0.6 is 0 Å².